The van der Waals surface area contributed by atoms with E-state index in [0.29, 0.717) is 16.7 Å². The molecule has 0 spiro atoms. The number of carbonyl (C=O) groups is 2. The zero-order chi connectivity index (χ0) is 17.1. The molecular weight excluding hydrogens is 320 g/mol. The average molecular weight is 336 g/mol. The van der Waals surface area contributed by atoms with Crippen LogP contribution in [0.3, 0.4) is 0 Å². The van der Waals surface area contributed by atoms with Gasteiger partial charge in [0.2, 0.25) is 0 Å². The van der Waals surface area contributed by atoms with Gasteiger partial charge in [-0.2, -0.15) is 0 Å². The average Bonchev–Trinajstić information content (AvgIpc) is 2.94. The van der Waals surface area contributed by atoms with Crippen LogP contribution in [0.5, 0.6) is 0 Å². The molecule has 8 heteroatoms. The van der Waals surface area contributed by atoms with Crippen molar-refractivity contribution in [2.75, 3.05) is 0 Å². The maximum absolute atomic E-state index is 12.3. The molecule has 0 fully saturated rings. The molecule has 2 aromatic rings. The van der Waals surface area contributed by atoms with Gasteiger partial charge in [0.25, 0.3) is 11.6 Å². The van der Waals surface area contributed by atoms with E-state index in [4.69, 9.17) is 0 Å². The summed E-state index contributed by atoms with van der Waals surface area (Å²) < 4.78 is 0.733. The van der Waals surface area contributed by atoms with Crippen molar-refractivity contribution in [3.05, 3.63) is 39.3 Å². The highest BCUT2D eigenvalue weighted by Gasteiger charge is 2.26. The molecule has 2 rings (SSSR count). The number of nitrogens with one attached hydrogen (secondary N) is 1. The largest absolute Gasteiger partial charge is 0.480 e. The summed E-state index contributed by atoms with van der Waals surface area (Å²) >= 11 is 1.17. The number of hydrogen-bond acceptors (Lipinski definition) is 5. The van der Waals surface area contributed by atoms with Crippen LogP contribution in [-0.2, 0) is 4.79 Å². The third-order valence-electron chi connectivity index (χ3n) is 3.70. The molecule has 2 atom stereocenters. The lowest BCUT2D eigenvalue weighted by Gasteiger charge is -2.19. The molecular formula is C15H16N2O5S. The van der Waals surface area contributed by atoms with Gasteiger partial charge in [0.05, 0.1) is 9.80 Å². The van der Waals surface area contributed by atoms with Crippen LogP contribution in [0.2, 0.25) is 0 Å². The van der Waals surface area contributed by atoms with Crippen LogP contribution in [0, 0.1) is 16.0 Å². The number of carboxylic acids is 1. The van der Waals surface area contributed by atoms with E-state index in [-0.39, 0.29) is 11.6 Å². The topological polar surface area (TPSA) is 110 Å². The SMILES string of the molecule is CC[C@H](C)[C@H](NC(=O)c1cc2cc([N+](=O)[O-])ccc2s1)C(=O)O. The third kappa shape index (κ3) is 3.65. The number of fused-ring (bicyclic) bond motifs is 1. The van der Waals surface area contributed by atoms with Crippen molar-refractivity contribution in [3.8, 4) is 0 Å². The van der Waals surface area contributed by atoms with Crippen molar-refractivity contribution in [1.29, 1.82) is 0 Å². The number of nitro groups is 1. The first-order valence-corrected chi connectivity index (χ1v) is 7.86. The molecule has 1 aromatic carbocycles. The second kappa shape index (κ2) is 6.74. The molecule has 0 aliphatic carbocycles. The molecule has 0 unspecified atom stereocenters. The van der Waals surface area contributed by atoms with Gasteiger partial charge >= 0.3 is 5.97 Å². The number of non-ortho nitro benzene ring substituents is 1. The van der Waals surface area contributed by atoms with Crippen LogP contribution in [0.4, 0.5) is 5.69 Å². The first-order valence-electron chi connectivity index (χ1n) is 7.05. The molecule has 1 aromatic heterocycles. The smallest absolute Gasteiger partial charge is 0.326 e. The second-order valence-electron chi connectivity index (χ2n) is 5.26. The van der Waals surface area contributed by atoms with Gasteiger partial charge in [-0.05, 0) is 18.1 Å². The van der Waals surface area contributed by atoms with E-state index in [1.54, 1.807) is 13.0 Å². The van der Waals surface area contributed by atoms with Gasteiger partial charge in [0, 0.05) is 22.2 Å². The minimum atomic E-state index is -1.08. The Morgan fingerprint density at radius 3 is 2.65 bits per heavy atom. The van der Waals surface area contributed by atoms with E-state index in [1.165, 1.54) is 29.5 Å². The first-order chi connectivity index (χ1) is 10.8. The molecule has 1 heterocycles. The van der Waals surface area contributed by atoms with Crippen molar-refractivity contribution in [3.63, 3.8) is 0 Å². The normalized spacial score (nSPS) is 13.5. The minimum Gasteiger partial charge on any atom is -0.480 e. The molecule has 1 amide bonds. The van der Waals surface area contributed by atoms with Crippen LogP contribution in [-0.4, -0.2) is 27.9 Å². The highest BCUT2D eigenvalue weighted by atomic mass is 32.1. The van der Waals surface area contributed by atoms with Crippen molar-refractivity contribution in [1.82, 2.24) is 5.32 Å². The van der Waals surface area contributed by atoms with Crippen LogP contribution in [0.25, 0.3) is 10.1 Å². The number of carboxylic acid groups (broad SMARTS) is 1. The summed E-state index contributed by atoms with van der Waals surface area (Å²) in [5, 5.41) is 23.1. The Morgan fingerprint density at radius 2 is 2.09 bits per heavy atom. The fourth-order valence-corrected chi connectivity index (χ4v) is 3.10. The predicted octanol–water partition coefficient (Wildman–Crippen LogP) is 3.04. The second-order valence-corrected chi connectivity index (χ2v) is 6.35. The lowest BCUT2D eigenvalue weighted by atomic mass is 9.99. The van der Waals surface area contributed by atoms with Crippen LogP contribution in [0.15, 0.2) is 24.3 Å². The minimum absolute atomic E-state index is 0.0507. The zero-order valence-electron chi connectivity index (χ0n) is 12.6. The van der Waals surface area contributed by atoms with Gasteiger partial charge in [-0.25, -0.2) is 4.79 Å². The predicted molar refractivity (Wildman–Crippen MR) is 86.8 cm³/mol. The highest BCUT2D eigenvalue weighted by Crippen LogP contribution is 2.29. The monoisotopic (exact) mass is 336 g/mol. The van der Waals surface area contributed by atoms with Crippen molar-refractivity contribution in [2.24, 2.45) is 5.92 Å². The molecule has 0 saturated carbocycles. The van der Waals surface area contributed by atoms with Crippen LogP contribution < -0.4 is 5.32 Å². The quantitative estimate of drug-likeness (QED) is 0.622. The molecule has 2 N–H and O–H groups in total. The third-order valence-corrected chi connectivity index (χ3v) is 4.81. The Hall–Kier alpha value is -2.48. The number of nitro benzene ring substituents is 1. The molecule has 0 radical (unpaired) electrons. The maximum Gasteiger partial charge on any atom is 0.326 e. The van der Waals surface area contributed by atoms with Gasteiger partial charge in [0.15, 0.2) is 0 Å². The van der Waals surface area contributed by atoms with E-state index >= 15 is 0 Å². The summed E-state index contributed by atoms with van der Waals surface area (Å²) in [6.45, 7) is 3.61. The Morgan fingerprint density at radius 1 is 1.39 bits per heavy atom. The van der Waals surface area contributed by atoms with Gasteiger partial charge < -0.3 is 10.4 Å². The number of aliphatic carboxylic acids is 1. The van der Waals surface area contributed by atoms with Crippen LogP contribution >= 0.6 is 11.3 Å². The molecule has 0 aliphatic heterocycles. The summed E-state index contributed by atoms with van der Waals surface area (Å²) in [5.74, 6) is -1.77. The fourth-order valence-electron chi connectivity index (χ4n) is 2.15. The molecule has 0 bridgehead atoms. The van der Waals surface area contributed by atoms with Gasteiger partial charge in [0.1, 0.15) is 6.04 Å². The lowest BCUT2D eigenvalue weighted by molar-refractivity contribution is -0.384. The van der Waals surface area contributed by atoms with Gasteiger partial charge in [-0.3, -0.25) is 14.9 Å². The van der Waals surface area contributed by atoms with E-state index in [1.807, 2.05) is 6.92 Å². The number of nitrogens with zero attached hydrogens (tertiary/aromatic N) is 1. The summed E-state index contributed by atoms with van der Waals surface area (Å²) in [6, 6.07) is 4.92. The summed E-state index contributed by atoms with van der Waals surface area (Å²) in [6.07, 6.45) is 0.621. The van der Waals surface area contributed by atoms with Crippen molar-refractivity contribution >= 4 is 39.0 Å². The number of benzene rings is 1. The number of rotatable bonds is 6. The molecule has 0 saturated heterocycles. The van der Waals surface area contributed by atoms with Crippen LogP contribution in [0.1, 0.15) is 29.9 Å². The lowest BCUT2D eigenvalue weighted by Crippen LogP contribution is -2.44. The van der Waals surface area contributed by atoms with Gasteiger partial charge in [-0.15, -0.1) is 11.3 Å². The van der Waals surface area contributed by atoms with Gasteiger partial charge in [-0.1, -0.05) is 20.3 Å². The van der Waals surface area contributed by atoms with Crippen molar-refractivity contribution in [2.45, 2.75) is 26.3 Å². The van der Waals surface area contributed by atoms with Crippen molar-refractivity contribution < 1.29 is 19.6 Å². The summed E-state index contributed by atoms with van der Waals surface area (Å²) in [4.78, 5) is 34.1. The van der Waals surface area contributed by atoms with E-state index in [0.717, 1.165) is 4.70 Å². The Labute approximate surface area is 136 Å². The summed E-state index contributed by atoms with van der Waals surface area (Å²) in [5.41, 5.74) is -0.0507. The van der Waals surface area contributed by atoms with E-state index in [2.05, 4.69) is 5.32 Å². The molecule has 122 valence electrons. The number of thiophene rings is 1. The fraction of sp³-hybridized carbons (Fsp3) is 0.333. The summed E-state index contributed by atoms with van der Waals surface area (Å²) in [7, 11) is 0. The molecule has 23 heavy (non-hydrogen) atoms. The molecule has 0 aliphatic rings. The Bertz CT molecular complexity index is 770. The molecule has 7 nitrogen and oxygen atoms in total. The number of amides is 1. The highest BCUT2D eigenvalue weighted by molar-refractivity contribution is 7.20. The number of hydrogen-bond donors (Lipinski definition) is 2. The Balaban J connectivity index is 2.27. The standard InChI is InChI=1S/C15H16N2O5S/c1-3-8(2)13(15(19)20)16-14(18)12-7-9-6-10(17(21)22)4-5-11(9)23-12/h4-8,13H,3H2,1-2H3,(H,16,18)(H,19,20)/t8-,13-/m0/s1. The first kappa shape index (κ1) is 16.9. The number of carbonyl (C=O) groups excluding carboxylic acids is 1. The zero-order valence-corrected chi connectivity index (χ0v) is 13.4. The maximum atomic E-state index is 12.3. The Kier molecular flexibility index (Phi) is 4.95. The van der Waals surface area contributed by atoms with E-state index < -0.39 is 22.8 Å². The van der Waals surface area contributed by atoms with E-state index in [9.17, 15) is 24.8 Å².